The van der Waals surface area contributed by atoms with E-state index in [1.54, 1.807) is 36.5 Å². The Morgan fingerprint density at radius 2 is 1.85 bits per heavy atom. The van der Waals surface area contributed by atoms with Gasteiger partial charge in [-0.3, -0.25) is 9.78 Å². The van der Waals surface area contributed by atoms with E-state index >= 15 is 0 Å². The lowest BCUT2D eigenvalue weighted by Crippen LogP contribution is -2.47. The topological polar surface area (TPSA) is 134 Å². The summed E-state index contributed by atoms with van der Waals surface area (Å²) in [7, 11) is -1.68. The molecule has 0 radical (unpaired) electrons. The van der Waals surface area contributed by atoms with Crippen LogP contribution in [-0.2, 0) is 10.0 Å². The first-order valence-corrected chi connectivity index (χ1v) is 11.4. The third kappa shape index (κ3) is 5.45. The lowest BCUT2D eigenvalue weighted by molar-refractivity contribution is 0.102. The van der Waals surface area contributed by atoms with Crippen LogP contribution in [0.1, 0.15) is 10.5 Å². The minimum absolute atomic E-state index is 0. The van der Waals surface area contributed by atoms with Gasteiger partial charge in [0.15, 0.2) is 11.5 Å². The number of rotatable bonds is 5. The lowest BCUT2D eigenvalue weighted by Gasteiger charge is -2.31. The summed E-state index contributed by atoms with van der Waals surface area (Å²) in [5.74, 6) is -0.567. The van der Waals surface area contributed by atoms with E-state index < -0.39 is 15.9 Å². The fourth-order valence-corrected chi connectivity index (χ4v) is 4.79. The van der Waals surface area contributed by atoms with Crippen LogP contribution >= 0.6 is 12.4 Å². The van der Waals surface area contributed by atoms with E-state index in [2.05, 4.69) is 25.2 Å². The van der Waals surface area contributed by atoms with Gasteiger partial charge in [-0.15, -0.1) is 12.4 Å². The Bertz CT molecular complexity index is 1230. The van der Waals surface area contributed by atoms with Crippen molar-refractivity contribution in [1.82, 2.24) is 24.2 Å². The standard InChI is InChI=1S/C21H23N7O3S.ClH/c1-27-8-10-28(11-9-27)32(30,31)17-6-2-4-15(12-17)18-14-24-20(22)19(26-18)21(29)25-16-5-3-7-23-13-16;/h2-7,12-14H,8-11H2,1H3,(H2,22,24)(H,25,29);1H. The largest absolute Gasteiger partial charge is 0.382 e. The predicted octanol–water partition coefficient (Wildman–Crippen LogP) is 1.73. The van der Waals surface area contributed by atoms with E-state index in [9.17, 15) is 13.2 Å². The number of nitrogens with zero attached hydrogens (tertiary/aromatic N) is 5. The molecule has 3 N–H and O–H groups in total. The molecule has 1 aromatic carbocycles. The Kier molecular flexibility index (Phi) is 7.59. The number of hydrogen-bond acceptors (Lipinski definition) is 8. The highest BCUT2D eigenvalue weighted by molar-refractivity contribution is 7.89. The number of nitrogen functional groups attached to an aromatic ring is 1. The first-order chi connectivity index (χ1) is 15.3. The van der Waals surface area contributed by atoms with E-state index in [1.807, 2.05) is 7.05 Å². The van der Waals surface area contributed by atoms with Crippen molar-refractivity contribution in [3.05, 3.63) is 60.7 Å². The van der Waals surface area contributed by atoms with Crippen molar-refractivity contribution in [2.24, 2.45) is 0 Å². The average Bonchev–Trinajstić information content (AvgIpc) is 2.80. The molecule has 0 atom stereocenters. The number of sulfonamides is 1. The first-order valence-electron chi connectivity index (χ1n) is 9.97. The molecule has 1 fully saturated rings. The van der Waals surface area contributed by atoms with Gasteiger partial charge in [0.2, 0.25) is 10.0 Å². The second-order valence-electron chi connectivity index (χ2n) is 7.42. The molecule has 10 nitrogen and oxygen atoms in total. The number of hydrogen-bond donors (Lipinski definition) is 2. The molecule has 3 heterocycles. The molecular weight excluding hydrogens is 466 g/mol. The van der Waals surface area contributed by atoms with Gasteiger partial charge in [0.1, 0.15) is 0 Å². The van der Waals surface area contributed by atoms with Gasteiger partial charge in [0.05, 0.1) is 28.7 Å². The van der Waals surface area contributed by atoms with Crippen molar-refractivity contribution in [3.8, 4) is 11.3 Å². The number of likely N-dealkylation sites (N-methyl/N-ethyl adjacent to an activating group) is 1. The van der Waals surface area contributed by atoms with Gasteiger partial charge >= 0.3 is 0 Å². The monoisotopic (exact) mass is 489 g/mol. The zero-order valence-corrected chi connectivity index (χ0v) is 19.5. The number of piperazine rings is 1. The van der Waals surface area contributed by atoms with Crippen LogP contribution in [0.3, 0.4) is 0 Å². The molecule has 1 aliphatic rings. The van der Waals surface area contributed by atoms with Crippen LogP contribution in [0.25, 0.3) is 11.3 Å². The van der Waals surface area contributed by atoms with Crippen LogP contribution in [0, 0.1) is 0 Å². The molecule has 33 heavy (non-hydrogen) atoms. The fraction of sp³-hybridized carbons (Fsp3) is 0.238. The maximum absolute atomic E-state index is 13.1. The lowest BCUT2D eigenvalue weighted by atomic mass is 10.1. The van der Waals surface area contributed by atoms with Gasteiger partial charge in [-0.05, 0) is 31.3 Å². The number of carbonyl (C=O) groups excluding carboxylic acids is 1. The SMILES string of the molecule is CN1CCN(S(=O)(=O)c2cccc(-c3cnc(N)c(C(=O)Nc4cccnc4)n3)c2)CC1.Cl. The van der Waals surface area contributed by atoms with Crippen LogP contribution in [0.4, 0.5) is 11.5 Å². The number of carbonyl (C=O) groups is 1. The number of amides is 1. The molecule has 1 amide bonds. The second kappa shape index (κ2) is 10.2. The van der Waals surface area contributed by atoms with Crippen molar-refractivity contribution >= 4 is 39.8 Å². The maximum atomic E-state index is 13.1. The number of nitrogens with one attached hydrogen (secondary N) is 1. The Labute approximate surface area is 198 Å². The zero-order chi connectivity index (χ0) is 22.7. The summed E-state index contributed by atoms with van der Waals surface area (Å²) in [5, 5.41) is 2.67. The van der Waals surface area contributed by atoms with E-state index in [-0.39, 0.29) is 28.8 Å². The summed E-state index contributed by atoms with van der Waals surface area (Å²) in [6, 6.07) is 9.82. The fourth-order valence-electron chi connectivity index (χ4n) is 3.33. The van der Waals surface area contributed by atoms with Gasteiger partial charge in [0.25, 0.3) is 5.91 Å². The van der Waals surface area contributed by atoms with Crippen molar-refractivity contribution < 1.29 is 13.2 Å². The smallest absolute Gasteiger partial charge is 0.278 e. The second-order valence-corrected chi connectivity index (χ2v) is 9.36. The minimum Gasteiger partial charge on any atom is -0.382 e. The minimum atomic E-state index is -3.64. The number of pyridine rings is 1. The van der Waals surface area contributed by atoms with Crippen LogP contribution in [0.5, 0.6) is 0 Å². The van der Waals surface area contributed by atoms with Gasteiger partial charge in [0, 0.05) is 37.9 Å². The molecule has 2 aromatic heterocycles. The van der Waals surface area contributed by atoms with E-state index in [0.29, 0.717) is 43.1 Å². The molecule has 0 saturated carbocycles. The third-order valence-electron chi connectivity index (χ3n) is 5.17. The number of halogens is 1. The Morgan fingerprint density at radius 1 is 1.09 bits per heavy atom. The molecular formula is C21H24ClN7O3S. The quantitative estimate of drug-likeness (QED) is 0.553. The highest BCUT2D eigenvalue weighted by Gasteiger charge is 2.27. The average molecular weight is 490 g/mol. The van der Waals surface area contributed by atoms with Crippen LogP contribution in [0.2, 0.25) is 0 Å². The molecule has 174 valence electrons. The van der Waals surface area contributed by atoms with E-state index in [1.165, 1.54) is 22.8 Å². The zero-order valence-electron chi connectivity index (χ0n) is 17.9. The summed E-state index contributed by atoms with van der Waals surface area (Å²) in [5.41, 5.74) is 7.16. The molecule has 0 bridgehead atoms. The van der Waals surface area contributed by atoms with Gasteiger partial charge < -0.3 is 16.0 Å². The normalized spacial score (nSPS) is 14.9. The van der Waals surface area contributed by atoms with Crippen molar-refractivity contribution in [3.63, 3.8) is 0 Å². The highest BCUT2D eigenvalue weighted by atomic mass is 35.5. The third-order valence-corrected chi connectivity index (χ3v) is 7.06. The molecule has 0 aliphatic carbocycles. The highest BCUT2D eigenvalue weighted by Crippen LogP contribution is 2.24. The molecule has 0 spiro atoms. The van der Waals surface area contributed by atoms with Crippen LogP contribution in [0.15, 0.2) is 59.9 Å². The van der Waals surface area contributed by atoms with E-state index in [4.69, 9.17) is 5.73 Å². The van der Waals surface area contributed by atoms with E-state index in [0.717, 1.165) is 0 Å². The summed E-state index contributed by atoms with van der Waals surface area (Å²) >= 11 is 0. The number of anilines is 2. The predicted molar refractivity (Wildman–Crippen MR) is 128 cm³/mol. The number of aromatic nitrogens is 3. The molecule has 3 aromatic rings. The Balaban J connectivity index is 0.00000306. The Hall–Kier alpha value is -3.12. The molecule has 1 saturated heterocycles. The summed E-state index contributed by atoms with van der Waals surface area (Å²) < 4.78 is 27.7. The first kappa shape index (κ1) is 24.5. The van der Waals surface area contributed by atoms with Crippen LogP contribution in [-0.4, -0.2) is 71.7 Å². The van der Waals surface area contributed by atoms with Crippen molar-refractivity contribution in [1.29, 1.82) is 0 Å². The van der Waals surface area contributed by atoms with Gasteiger partial charge in [-0.25, -0.2) is 18.4 Å². The Morgan fingerprint density at radius 3 is 2.55 bits per heavy atom. The molecule has 12 heteroatoms. The van der Waals surface area contributed by atoms with Gasteiger partial charge in [-0.1, -0.05) is 12.1 Å². The van der Waals surface area contributed by atoms with Gasteiger partial charge in [-0.2, -0.15) is 4.31 Å². The molecule has 0 unspecified atom stereocenters. The molecule has 1 aliphatic heterocycles. The maximum Gasteiger partial charge on any atom is 0.278 e. The van der Waals surface area contributed by atoms with Crippen molar-refractivity contribution in [2.75, 3.05) is 44.3 Å². The number of nitrogens with two attached hydrogens (primary N) is 1. The summed E-state index contributed by atoms with van der Waals surface area (Å²) in [6.45, 7) is 2.22. The van der Waals surface area contributed by atoms with Crippen LogP contribution < -0.4 is 11.1 Å². The number of benzene rings is 1. The van der Waals surface area contributed by atoms with Crippen molar-refractivity contribution in [2.45, 2.75) is 4.90 Å². The summed E-state index contributed by atoms with van der Waals surface area (Å²) in [4.78, 5) is 27.3. The molecule has 4 rings (SSSR count). The summed E-state index contributed by atoms with van der Waals surface area (Å²) in [6.07, 6.45) is 4.50.